The molecular weight excluding hydrogens is 228 g/mol. The van der Waals surface area contributed by atoms with Crippen LogP contribution >= 0.6 is 0 Å². The maximum Gasteiger partial charge on any atom is 0.239 e. The molecule has 0 aromatic heterocycles. The minimum atomic E-state index is -0.106. The van der Waals surface area contributed by atoms with E-state index in [-0.39, 0.29) is 18.1 Å². The molecule has 104 valence electrons. The Balaban J connectivity index is 1.79. The van der Waals surface area contributed by atoms with Gasteiger partial charge in [-0.05, 0) is 38.0 Å². The van der Waals surface area contributed by atoms with E-state index in [4.69, 9.17) is 0 Å². The predicted molar refractivity (Wildman–Crippen MR) is 71.2 cm³/mol. The molecule has 2 rings (SSSR count). The molecule has 1 aliphatic carbocycles. The fraction of sp³-hybridized carbons (Fsp3) is 0.929. The first kappa shape index (κ1) is 13.8. The molecule has 1 heterocycles. The second-order valence-electron chi connectivity index (χ2n) is 6.12. The van der Waals surface area contributed by atoms with Crippen molar-refractivity contribution in [3.63, 3.8) is 0 Å². The van der Waals surface area contributed by atoms with Gasteiger partial charge in [0.05, 0.1) is 12.1 Å². The van der Waals surface area contributed by atoms with Crippen LogP contribution in [0.4, 0.5) is 0 Å². The van der Waals surface area contributed by atoms with Crippen molar-refractivity contribution in [2.24, 2.45) is 5.92 Å². The smallest absolute Gasteiger partial charge is 0.239 e. The first-order chi connectivity index (χ1) is 8.56. The molecule has 1 aliphatic heterocycles. The third-order valence-electron chi connectivity index (χ3n) is 4.13. The van der Waals surface area contributed by atoms with Gasteiger partial charge in [-0.15, -0.1) is 0 Å². The van der Waals surface area contributed by atoms with Crippen molar-refractivity contribution in [1.29, 1.82) is 0 Å². The molecule has 2 N–H and O–H groups in total. The van der Waals surface area contributed by atoms with Crippen LogP contribution in [0.25, 0.3) is 0 Å². The lowest BCUT2D eigenvalue weighted by Gasteiger charge is -2.29. The van der Waals surface area contributed by atoms with Crippen LogP contribution in [0.1, 0.15) is 46.0 Å². The SMILES string of the molecule is CC(C)NC1CCN(CC2CCC(O)CC2)C1=O. The molecule has 18 heavy (non-hydrogen) atoms. The second-order valence-corrected chi connectivity index (χ2v) is 6.12. The molecule has 0 aromatic carbocycles. The number of amides is 1. The zero-order chi connectivity index (χ0) is 13.1. The van der Waals surface area contributed by atoms with Gasteiger partial charge in [0, 0.05) is 19.1 Å². The number of hydrogen-bond acceptors (Lipinski definition) is 3. The number of carbonyl (C=O) groups excluding carboxylic acids is 1. The molecule has 1 saturated heterocycles. The summed E-state index contributed by atoms with van der Waals surface area (Å²) in [5.74, 6) is 0.866. The number of likely N-dealkylation sites (tertiary alicyclic amines) is 1. The van der Waals surface area contributed by atoms with Crippen LogP contribution in [0, 0.1) is 5.92 Å². The van der Waals surface area contributed by atoms with E-state index in [1.807, 2.05) is 4.90 Å². The molecule has 4 nitrogen and oxygen atoms in total. The van der Waals surface area contributed by atoms with Gasteiger partial charge in [0.15, 0.2) is 0 Å². The number of carbonyl (C=O) groups is 1. The van der Waals surface area contributed by atoms with Crippen molar-refractivity contribution in [3.05, 3.63) is 0 Å². The van der Waals surface area contributed by atoms with E-state index < -0.39 is 0 Å². The normalized spacial score (nSPS) is 33.4. The van der Waals surface area contributed by atoms with Crippen LogP contribution in [0.5, 0.6) is 0 Å². The highest BCUT2D eigenvalue weighted by Gasteiger charge is 2.33. The van der Waals surface area contributed by atoms with Crippen molar-refractivity contribution in [1.82, 2.24) is 10.2 Å². The average molecular weight is 254 g/mol. The van der Waals surface area contributed by atoms with E-state index in [2.05, 4.69) is 19.2 Å². The van der Waals surface area contributed by atoms with Gasteiger partial charge in [-0.1, -0.05) is 13.8 Å². The molecular formula is C14H26N2O2. The van der Waals surface area contributed by atoms with Crippen molar-refractivity contribution < 1.29 is 9.90 Å². The summed E-state index contributed by atoms with van der Waals surface area (Å²) in [6, 6.07) is 0.392. The molecule has 1 unspecified atom stereocenters. The molecule has 1 saturated carbocycles. The van der Waals surface area contributed by atoms with Crippen molar-refractivity contribution >= 4 is 5.91 Å². The number of rotatable bonds is 4. The number of nitrogens with zero attached hydrogens (tertiary/aromatic N) is 1. The minimum absolute atomic E-state index is 0.0270. The Morgan fingerprint density at radius 1 is 1.28 bits per heavy atom. The summed E-state index contributed by atoms with van der Waals surface area (Å²) in [5.41, 5.74) is 0. The molecule has 1 amide bonds. The van der Waals surface area contributed by atoms with E-state index >= 15 is 0 Å². The number of aliphatic hydroxyl groups is 1. The Bertz CT molecular complexity index is 286. The van der Waals surface area contributed by atoms with E-state index in [1.165, 1.54) is 0 Å². The van der Waals surface area contributed by atoms with E-state index in [0.29, 0.717) is 12.0 Å². The minimum Gasteiger partial charge on any atom is -0.393 e. The third kappa shape index (κ3) is 3.45. The van der Waals surface area contributed by atoms with Crippen LogP contribution in [0.15, 0.2) is 0 Å². The summed E-state index contributed by atoms with van der Waals surface area (Å²) in [4.78, 5) is 14.2. The van der Waals surface area contributed by atoms with E-state index in [9.17, 15) is 9.90 Å². The van der Waals surface area contributed by atoms with Crippen LogP contribution < -0.4 is 5.32 Å². The number of aliphatic hydroxyl groups excluding tert-OH is 1. The van der Waals surface area contributed by atoms with Crippen LogP contribution in [-0.2, 0) is 4.79 Å². The summed E-state index contributed by atoms with van der Waals surface area (Å²) in [6.07, 6.45) is 4.76. The van der Waals surface area contributed by atoms with Gasteiger partial charge in [-0.25, -0.2) is 0 Å². The van der Waals surface area contributed by atoms with Gasteiger partial charge in [0.1, 0.15) is 0 Å². The first-order valence-electron chi connectivity index (χ1n) is 7.29. The summed E-state index contributed by atoms with van der Waals surface area (Å²) in [7, 11) is 0. The maximum atomic E-state index is 12.2. The lowest BCUT2D eigenvalue weighted by Crippen LogP contribution is -2.42. The predicted octanol–water partition coefficient (Wildman–Crippen LogP) is 1.14. The summed E-state index contributed by atoms with van der Waals surface area (Å²) >= 11 is 0. The second kappa shape index (κ2) is 6.02. The first-order valence-corrected chi connectivity index (χ1v) is 7.29. The number of nitrogens with one attached hydrogen (secondary N) is 1. The summed E-state index contributed by atoms with van der Waals surface area (Å²) < 4.78 is 0. The Kier molecular flexibility index (Phi) is 4.62. The van der Waals surface area contributed by atoms with Crippen LogP contribution in [-0.4, -0.2) is 47.2 Å². The van der Waals surface area contributed by atoms with Crippen molar-refractivity contribution in [2.75, 3.05) is 13.1 Å². The van der Waals surface area contributed by atoms with Gasteiger partial charge in [-0.2, -0.15) is 0 Å². The zero-order valence-electron chi connectivity index (χ0n) is 11.6. The Morgan fingerprint density at radius 2 is 1.94 bits per heavy atom. The molecule has 0 radical (unpaired) electrons. The molecule has 0 bridgehead atoms. The Hall–Kier alpha value is -0.610. The van der Waals surface area contributed by atoms with Gasteiger partial charge < -0.3 is 15.3 Å². The lowest BCUT2D eigenvalue weighted by atomic mass is 9.87. The molecule has 4 heteroatoms. The number of hydrogen-bond donors (Lipinski definition) is 2. The average Bonchev–Trinajstić information content (AvgIpc) is 2.64. The molecule has 2 fully saturated rings. The van der Waals surface area contributed by atoms with Gasteiger partial charge in [-0.3, -0.25) is 4.79 Å². The zero-order valence-corrected chi connectivity index (χ0v) is 11.6. The van der Waals surface area contributed by atoms with Crippen LogP contribution in [0.2, 0.25) is 0 Å². The van der Waals surface area contributed by atoms with Gasteiger partial charge in [0.25, 0.3) is 0 Å². The van der Waals surface area contributed by atoms with Gasteiger partial charge in [0.2, 0.25) is 5.91 Å². The highest BCUT2D eigenvalue weighted by atomic mass is 16.3. The fourth-order valence-electron chi connectivity index (χ4n) is 3.12. The third-order valence-corrected chi connectivity index (χ3v) is 4.13. The fourth-order valence-corrected chi connectivity index (χ4v) is 3.12. The molecule has 2 aliphatic rings. The topological polar surface area (TPSA) is 52.6 Å². The largest absolute Gasteiger partial charge is 0.393 e. The molecule has 0 aromatic rings. The Labute approximate surface area is 110 Å². The van der Waals surface area contributed by atoms with E-state index in [1.54, 1.807) is 0 Å². The highest BCUT2D eigenvalue weighted by Crippen LogP contribution is 2.26. The van der Waals surface area contributed by atoms with Crippen LogP contribution in [0.3, 0.4) is 0 Å². The quantitative estimate of drug-likeness (QED) is 0.791. The summed E-state index contributed by atoms with van der Waals surface area (Å²) in [6.45, 7) is 5.95. The standard InChI is InChI=1S/C14H26N2O2/c1-10(2)15-13-7-8-16(14(13)18)9-11-3-5-12(17)6-4-11/h10-13,15,17H,3-9H2,1-2H3. The van der Waals surface area contributed by atoms with E-state index in [0.717, 1.165) is 45.2 Å². The maximum absolute atomic E-state index is 12.2. The monoisotopic (exact) mass is 254 g/mol. The van der Waals surface area contributed by atoms with Crippen molar-refractivity contribution in [2.45, 2.75) is 64.1 Å². The lowest BCUT2D eigenvalue weighted by molar-refractivity contribution is -0.130. The summed E-state index contributed by atoms with van der Waals surface area (Å²) in [5, 5.41) is 12.8. The molecule has 1 atom stereocenters. The van der Waals surface area contributed by atoms with Gasteiger partial charge >= 0.3 is 0 Å². The Morgan fingerprint density at radius 3 is 2.56 bits per heavy atom. The molecule has 0 spiro atoms. The van der Waals surface area contributed by atoms with Crippen molar-refractivity contribution in [3.8, 4) is 0 Å². The highest BCUT2D eigenvalue weighted by molar-refractivity contribution is 5.84.